The normalized spacial score (nSPS) is 12.4. The maximum absolute atomic E-state index is 12.0. The number of hydrazone groups is 1. The first-order valence-corrected chi connectivity index (χ1v) is 8.55. The summed E-state index contributed by atoms with van der Waals surface area (Å²) in [6.07, 6.45) is 5.44. The minimum atomic E-state index is -3.54. The van der Waals surface area contributed by atoms with E-state index in [2.05, 4.69) is 16.9 Å². The number of unbranched alkanes of at least 4 members (excludes halogenated alkanes) is 3. The summed E-state index contributed by atoms with van der Waals surface area (Å²) < 4.78 is 24.0. The fourth-order valence-electron chi connectivity index (χ4n) is 1.77. The van der Waals surface area contributed by atoms with Gasteiger partial charge in [-0.15, -0.1) is 0 Å². The van der Waals surface area contributed by atoms with Gasteiger partial charge in [-0.1, -0.05) is 43.9 Å². The highest BCUT2D eigenvalue weighted by Gasteiger charge is 2.12. The van der Waals surface area contributed by atoms with E-state index in [1.807, 2.05) is 13.8 Å². The smallest absolute Gasteiger partial charge is 0.200 e. The molecular formula is C15H24N2O2S. The molecule has 1 aromatic rings. The first kappa shape index (κ1) is 16.7. The Kier molecular flexibility index (Phi) is 6.71. The predicted octanol–water partition coefficient (Wildman–Crippen LogP) is 3.62. The second kappa shape index (κ2) is 8.04. The Morgan fingerprint density at radius 3 is 2.40 bits per heavy atom. The van der Waals surface area contributed by atoms with Crippen LogP contribution < -0.4 is 4.83 Å². The van der Waals surface area contributed by atoms with E-state index >= 15 is 0 Å². The van der Waals surface area contributed by atoms with Gasteiger partial charge in [0.1, 0.15) is 0 Å². The first-order chi connectivity index (χ1) is 9.45. The van der Waals surface area contributed by atoms with Crippen LogP contribution in [0.25, 0.3) is 0 Å². The van der Waals surface area contributed by atoms with E-state index in [9.17, 15) is 8.42 Å². The lowest BCUT2D eigenvalue weighted by molar-refractivity contribution is 0.584. The highest BCUT2D eigenvalue weighted by molar-refractivity contribution is 7.89. The van der Waals surface area contributed by atoms with Gasteiger partial charge < -0.3 is 0 Å². The number of rotatable bonds is 8. The molecule has 0 bridgehead atoms. The Morgan fingerprint density at radius 2 is 1.80 bits per heavy atom. The van der Waals surface area contributed by atoms with Crippen LogP contribution in [-0.2, 0) is 10.0 Å². The van der Waals surface area contributed by atoms with E-state index in [1.165, 1.54) is 12.8 Å². The van der Waals surface area contributed by atoms with Crippen LogP contribution in [0, 0.1) is 6.92 Å². The van der Waals surface area contributed by atoms with Crippen molar-refractivity contribution in [1.82, 2.24) is 4.83 Å². The number of benzene rings is 1. The highest BCUT2D eigenvalue weighted by atomic mass is 32.2. The van der Waals surface area contributed by atoms with Crippen molar-refractivity contribution in [1.29, 1.82) is 0 Å². The average molecular weight is 296 g/mol. The molecule has 1 aromatic carbocycles. The third-order valence-electron chi connectivity index (χ3n) is 3.08. The van der Waals surface area contributed by atoms with Crippen molar-refractivity contribution in [3.05, 3.63) is 29.8 Å². The van der Waals surface area contributed by atoms with Crippen molar-refractivity contribution in [2.75, 3.05) is 0 Å². The molecular weight excluding hydrogens is 272 g/mol. The fraction of sp³-hybridized carbons (Fsp3) is 0.533. The number of hydrogen-bond donors (Lipinski definition) is 1. The van der Waals surface area contributed by atoms with E-state index in [0.29, 0.717) is 0 Å². The lowest BCUT2D eigenvalue weighted by Crippen LogP contribution is -2.19. The van der Waals surface area contributed by atoms with Crippen LogP contribution in [0.15, 0.2) is 34.3 Å². The number of nitrogens with one attached hydrogen (secondary N) is 1. The van der Waals surface area contributed by atoms with Gasteiger partial charge in [-0.05, 0) is 38.8 Å². The molecule has 112 valence electrons. The van der Waals surface area contributed by atoms with Crippen molar-refractivity contribution in [2.24, 2.45) is 5.10 Å². The van der Waals surface area contributed by atoms with Crippen LogP contribution in [0.2, 0.25) is 0 Å². The van der Waals surface area contributed by atoms with Gasteiger partial charge >= 0.3 is 0 Å². The second-order valence-electron chi connectivity index (χ2n) is 5.07. The average Bonchev–Trinajstić information content (AvgIpc) is 2.42. The summed E-state index contributed by atoms with van der Waals surface area (Å²) in [7, 11) is -3.54. The maximum Gasteiger partial charge on any atom is 0.276 e. The monoisotopic (exact) mass is 296 g/mol. The molecule has 1 N–H and O–H groups in total. The van der Waals surface area contributed by atoms with Gasteiger partial charge in [0, 0.05) is 5.71 Å². The summed E-state index contributed by atoms with van der Waals surface area (Å²) >= 11 is 0. The summed E-state index contributed by atoms with van der Waals surface area (Å²) in [6.45, 7) is 5.93. The van der Waals surface area contributed by atoms with Gasteiger partial charge in [-0.25, -0.2) is 4.83 Å². The number of hydrogen-bond acceptors (Lipinski definition) is 3. The molecule has 5 heteroatoms. The molecule has 0 aliphatic carbocycles. The Morgan fingerprint density at radius 1 is 1.15 bits per heavy atom. The van der Waals surface area contributed by atoms with E-state index in [1.54, 1.807) is 24.3 Å². The molecule has 0 spiro atoms. The largest absolute Gasteiger partial charge is 0.276 e. The van der Waals surface area contributed by atoms with Gasteiger partial charge in [0.2, 0.25) is 0 Å². The third-order valence-corrected chi connectivity index (χ3v) is 4.30. The van der Waals surface area contributed by atoms with Crippen LogP contribution in [0.1, 0.15) is 51.5 Å². The Bertz CT molecular complexity index is 533. The van der Waals surface area contributed by atoms with E-state index in [0.717, 1.165) is 30.5 Å². The molecule has 0 aromatic heterocycles. The SMILES string of the molecule is CCCCCC/C(C)=N/NS(=O)(=O)c1ccc(C)cc1. The van der Waals surface area contributed by atoms with Gasteiger partial charge in [-0.3, -0.25) is 0 Å². The van der Waals surface area contributed by atoms with Gasteiger partial charge in [0.25, 0.3) is 10.0 Å². The number of aryl methyl sites for hydroxylation is 1. The first-order valence-electron chi connectivity index (χ1n) is 7.07. The van der Waals surface area contributed by atoms with Gasteiger partial charge in [-0.2, -0.15) is 13.5 Å². The van der Waals surface area contributed by atoms with Crippen LogP contribution in [0.5, 0.6) is 0 Å². The molecule has 0 aliphatic rings. The Labute approximate surface area is 122 Å². The van der Waals surface area contributed by atoms with E-state index < -0.39 is 10.0 Å². The lowest BCUT2D eigenvalue weighted by atomic mass is 10.1. The van der Waals surface area contributed by atoms with Crippen molar-refractivity contribution in [3.8, 4) is 0 Å². The van der Waals surface area contributed by atoms with E-state index in [-0.39, 0.29) is 4.90 Å². The highest BCUT2D eigenvalue weighted by Crippen LogP contribution is 2.10. The van der Waals surface area contributed by atoms with E-state index in [4.69, 9.17) is 0 Å². The molecule has 0 unspecified atom stereocenters. The van der Waals surface area contributed by atoms with Crippen molar-refractivity contribution < 1.29 is 8.42 Å². The molecule has 20 heavy (non-hydrogen) atoms. The summed E-state index contributed by atoms with van der Waals surface area (Å²) in [6, 6.07) is 6.72. The standard InChI is InChI=1S/C15H24N2O2S/c1-4-5-6-7-8-14(3)16-17-20(18,19)15-11-9-13(2)10-12-15/h9-12,17H,4-8H2,1-3H3/b16-14+. The summed E-state index contributed by atoms with van der Waals surface area (Å²) in [5.41, 5.74) is 1.84. The van der Waals surface area contributed by atoms with Crippen LogP contribution in [0.4, 0.5) is 0 Å². The number of sulfonamides is 1. The maximum atomic E-state index is 12.0. The predicted molar refractivity (Wildman–Crippen MR) is 83.4 cm³/mol. The van der Waals surface area contributed by atoms with Crippen molar-refractivity contribution in [2.45, 2.75) is 57.8 Å². The zero-order chi connectivity index (χ0) is 15.0. The van der Waals surface area contributed by atoms with Gasteiger partial charge in [0.15, 0.2) is 0 Å². The fourth-order valence-corrected chi connectivity index (χ4v) is 2.65. The molecule has 0 amide bonds. The Balaban J connectivity index is 2.56. The van der Waals surface area contributed by atoms with Crippen LogP contribution >= 0.6 is 0 Å². The molecule has 0 saturated heterocycles. The molecule has 0 saturated carbocycles. The molecule has 1 rings (SSSR count). The van der Waals surface area contributed by atoms with Crippen molar-refractivity contribution >= 4 is 15.7 Å². The summed E-state index contributed by atoms with van der Waals surface area (Å²) in [5, 5.41) is 3.97. The second-order valence-corrected chi connectivity index (χ2v) is 6.73. The summed E-state index contributed by atoms with van der Waals surface area (Å²) in [4.78, 5) is 2.54. The molecule has 0 atom stereocenters. The lowest BCUT2D eigenvalue weighted by Gasteiger charge is -2.05. The molecule has 0 radical (unpaired) electrons. The van der Waals surface area contributed by atoms with Gasteiger partial charge in [0.05, 0.1) is 4.90 Å². The zero-order valence-electron chi connectivity index (χ0n) is 12.5. The number of nitrogens with zero attached hydrogens (tertiary/aromatic N) is 1. The van der Waals surface area contributed by atoms with Crippen LogP contribution in [-0.4, -0.2) is 14.1 Å². The minimum absolute atomic E-state index is 0.241. The summed E-state index contributed by atoms with van der Waals surface area (Å²) in [5.74, 6) is 0. The topological polar surface area (TPSA) is 58.5 Å². The molecule has 0 heterocycles. The molecule has 4 nitrogen and oxygen atoms in total. The minimum Gasteiger partial charge on any atom is -0.200 e. The van der Waals surface area contributed by atoms with Crippen molar-refractivity contribution in [3.63, 3.8) is 0 Å². The molecule has 0 aliphatic heterocycles. The van der Waals surface area contributed by atoms with Crippen LogP contribution in [0.3, 0.4) is 0 Å². The third kappa shape index (κ3) is 5.74. The zero-order valence-corrected chi connectivity index (χ0v) is 13.3. The Hall–Kier alpha value is -1.36. The molecule has 0 fully saturated rings. The quantitative estimate of drug-likeness (QED) is 0.452.